The molecule has 0 aromatic heterocycles. The van der Waals surface area contributed by atoms with Crippen LogP contribution in [0.5, 0.6) is 0 Å². The lowest BCUT2D eigenvalue weighted by molar-refractivity contribution is 1.09. The second kappa shape index (κ2) is 0.162. The Kier molecular flexibility index (Phi) is 0.0544. The van der Waals surface area contributed by atoms with Gasteiger partial charge in [0.2, 0.25) is 0 Å². The Morgan fingerprint density at radius 2 is 1.75 bits per heavy atom. The Bertz CT molecular complexity index is 36.0. The minimum atomic E-state index is 1.12. The molecule has 2 unspecified atom stereocenters. The van der Waals surface area contributed by atoms with Gasteiger partial charge in [-0.1, -0.05) is 0 Å². The lowest BCUT2D eigenvalue weighted by Crippen LogP contribution is -1.49. The maximum absolute atomic E-state index is 2.39. The van der Waals surface area contributed by atoms with Crippen LogP contribution in [0, 0.1) is 18.3 Å². The highest BCUT2D eigenvalue weighted by Gasteiger charge is 2.68. The van der Waals surface area contributed by atoms with E-state index in [4.69, 9.17) is 0 Å². The van der Waals surface area contributed by atoms with Gasteiger partial charge in [-0.2, -0.15) is 0 Å². The van der Waals surface area contributed by atoms with E-state index in [2.05, 4.69) is 6.42 Å². The average molecular weight is 53.1 g/mol. The zero-order valence-corrected chi connectivity index (χ0v) is 2.44. The minimum Gasteiger partial charge on any atom is 0.0430 e. The molecule has 2 rings (SSSR count). The first-order chi connectivity index (χ1) is 1.97. The van der Waals surface area contributed by atoms with Gasteiger partial charge in [0.1, 0.15) is 11.8 Å². The molecule has 0 aromatic carbocycles. The van der Waals surface area contributed by atoms with Crippen molar-refractivity contribution in [3.63, 3.8) is 0 Å². The SMILES string of the molecule is [CH+]1C2CC12. The molecule has 2 fully saturated rings. The first kappa shape index (κ1) is 1.34. The fraction of sp³-hybridized carbons (Fsp3) is 0.750. The standard InChI is InChI=1S/C4H5/c1-3-2-4(1)3/h1,3-4H,2H2/q+1. The summed E-state index contributed by atoms with van der Waals surface area (Å²) in [5.41, 5.74) is 0. The van der Waals surface area contributed by atoms with Crippen molar-refractivity contribution in [3.8, 4) is 0 Å². The predicted octanol–water partition coefficient (Wildman–Crippen LogP) is 0.840. The highest BCUT2D eigenvalue weighted by Crippen LogP contribution is 2.61. The molecule has 0 aromatic rings. The molecule has 2 saturated carbocycles. The third kappa shape index (κ3) is 0.0229. The van der Waals surface area contributed by atoms with Gasteiger partial charge in [-0.25, -0.2) is 0 Å². The molecule has 0 nitrogen and oxygen atoms in total. The minimum absolute atomic E-state index is 1.12. The summed E-state index contributed by atoms with van der Waals surface area (Å²) in [6.07, 6.45) is 3.92. The topological polar surface area (TPSA) is 0 Å². The smallest absolute Gasteiger partial charge is 0.0430 e. The average Bonchev–Trinajstić information content (AvgIpc) is 1.36. The Balaban J connectivity index is 2.48. The zero-order valence-electron chi connectivity index (χ0n) is 2.44. The van der Waals surface area contributed by atoms with Crippen LogP contribution in [0.1, 0.15) is 6.42 Å². The summed E-state index contributed by atoms with van der Waals surface area (Å²) in [7, 11) is 0. The van der Waals surface area contributed by atoms with E-state index in [0.29, 0.717) is 0 Å². The first-order valence-corrected chi connectivity index (χ1v) is 1.82. The third-order valence-corrected chi connectivity index (χ3v) is 1.24. The summed E-state index contributed by atoms with van der Waals surface area (Å²) in [6, 6.07) is 0. The van der Waals surface area contributed by atoms with Crippen LogP contribution in [0.15, 0.2) is 0 Å². The molecule has 0 heteroatoms. The van der Waals surface area contributed by atoms with Crippen LogP contribution in [0.3, 0.4) is 0 Å². The molecule has 0 bridgehead atoms. The molecule has 0 amide bonds. The Labute approximate surface area is 25.8 Å². The van der Waals surface area contributed by atoms with E-state index < -0.39 is 0 Å². The van der Waals surface area contributed by atoms with E-state index in [9.17, 15) is 0 Å². The van der Waals surface area contributed by atoms with E-state index in [1.807, 2.05) is 0 Å². The molecule has 20 valence electrons. The van der Waals surface area contributed by atoms with Crippen molar-refractivity contribution in [2.24, 2.45) is 11.8 Å². The van der Waals surface area contributed by atoms with Crippen molar-refractivity contribution in [3.05, 3.63) is 6.42 Å². The second-order valence-corrected chi connectivity index (χ2v) is 1.76. The van der Waals surface area contributed by atoms with E-state index in [-0.39, 0.29) is 0 Å². The molecule has 0 radical (unpaired) electrons. The Hall–Kier alpha value is -0.130. The van der Waals surface area contributed by atoms with Crippen LogP contribution in [-0.4, -0.2) is 0 Å². The Morgan fingerprint density at radius 3 is 1.75 bits per heavy atom. The van der Waals surface area contributed by atoms with E-state index in [1.54, 1.807) is 0 Å². The molecule has 0 heterocycles. The highest BCUT2D eigenvalue weighted by atomic mass is 14.6. The molecule has 0 saturated heterocycles. The highest BCUT2D eigenvalue weighted by molar-refractivity contribution is 5.20. The van der Waals surface area contributed by atoms with Crippen LogP contribution in [-0.2, 0) is 0 Å². The van der Waals surface area contributed by atoms with E-state index in [0.717, 1.165) is 11.8 Å². The number of rotatable bonds is 0. The lowest BCUT2D eigenvalue weighted by Gasteiger charge is -1.46. The summed E-state index contributed by atoms with van der Waals surface area (Å²) in [4.78, 5) is 0. The summed E-state index contributed by atoms with van der Waals surface area (Å²) in [6.45, 7) is 0. The van der Waals surface area contributed by atoms with Gasteiger partial charge in [0.25, 0.3) is 0 Å². The molecular weight excluding hydrogens is 48.0 g/mol. The maximum Gasteiger partial charge on any atom is 0.146 e. The van der Waals surface area contributed by atoms with Gasteiger partial charge in [-0.05, 0) is 0 Å². The van der Waals surface area contributed by atoms with Gasteiger partial charge in [0, 0.05) is 6.42 Å². The zero-order chi connectivity index (χ0) is 2.57. The van der Waals surface area contributed by atoms with Gasteiger partial charge in [0.15, 0.2) is 0 Å². The quantitative estimate of drug-likeness (QED) is 0.359. The summed E-state index contributed by atoms with van der Waals surface area (Å²) < 4.78 is 0. The third-order valence-electron chi connectivity index (χ3n) is 1.24. The van der Waals surface area contributed by atoms with Crippen LogP contribution in [0.25, 0.3) is 0 Å². The summed E-state index contributed by atoms with van der Waals surface area (Å²) >= 11 is 0. The normalized spacial score (nSPS) is 64.0. The Morgan fingerprint density at radius 1 is 1.50 bits per heavy atom. The molecular formula is C4H5+. The van der Waals surface area contributed by atoms with Crippen molar-refractivity contribution in [1.29, 1.82) is 0 Å². The van der Waals surface area contributed by atoms with Crippen molar-refractivity contribution in [1.82, 2.24) is 0 Å². The van der Waals surface area contributed by atoms with Gasteiger partial charge >= 0.3 is 0 Å². The van der Waals surface area contributed by atoms with Crippen molar-refractivity contribution in [2.45, 2.75) is 6.42 Å². The van der Waals surface area contributed by atoms with Crippen molar-refractivity contribution in [2.75, 3.05) is 0 Å². The molecule has 2 aliphatic rings. The van der Waals surface area contributed by atoms with Gasteiger partial charge in [-0.3, -0.25) is 0 Å². The van der Waals surface area contributed by atoms with E-state index in [1.165, 1.54) is 6.42 Å². The first-order valence-electron chi connectivity index (χ1n) is 1.82. The molecule has 0 spiro atoms. The molecule has 2 aliphatic carbocycles. The predicted molar refractivity (Wildman–Crippen MR) is 15.9 cm³/mol. The monoisotopic (exact) mass is 53.0 g/mol. The molecule has 2 atom stereocenters. The maximum atomic E-state index is 2.39. The number of fused-ring (bicyclic) bond motifs is 1. The lowest BCUT2D eigenvalue weighted by atomic mass is 10.5. The van der Waals surface area contributed by atoms with E-state index >= 15 is 0 Å². The van der Waals surface area contributed by atoms with Crippen LogP contribution < -0.4 is 0 Å². The fourth-order valence-electron chi connectivity index (χ4n) is 0.450. The fourth-order valence-corrected chi connectivity index (χ4v) is 0.450. The van der Waals surface area contributed by atoms with Gasteiger partial charge in [0.05, 0.1) is 6.42 Å². The largest absolute Gasteiger partial charge is 0.146 e. The summed E-state index contributed by atoms with van der Waals surface area (Å²) in [5.74, 6) is 2.25. The van der Waals surface area contributed by atoms with Gasteiger partial charge in [-0.15, -0.1) is 0 Å². The number of hydrogen-bond acceptors (Lipinski definition) is 0. The van der Waals surface area contributed by atoms with Crippen molar-refractivity contribution >= 4 is 0 Å². The van der Waals surface area contributed by atoms with Crippen LogP contribution >= 0.6 is 0 Å². The second-order valence-electron chi connectivity index (χ2n) is 1.76. The summed E-state index contributed by atoms with van der Waals surface area (Å²) in [5, 5.41) is 0. The van der Waals surface area contributed by atoms with Gasteiger partial charge < -0.3 is 0 Å². The van der Waals surface area contributed by atoms with Crippen LogP contribution in [0.2, 0.25) is 0 Å². The molecule has 0 N–H and O–H groups in total. The molecule has 0 aliphatic heterocycles. The van der Waals surface area contributed by atoms with Crippen LogP contribution in [0.4, 0.5) is 0 Å². The molecule has 4 heavy (non-hydrogen) atoms. The number of hydrogen-bond donors (Lipinski definition) is 0. The van der Waals surface area contributed by atoms with Crippen molar-refractivity contribution < 1.29 is 0 Å².